The van der Waals surface area contributed by atoms with Crippen molar-refractivity contribution in [2.24, 2.45) is 5.92 Å². The molecule has 1 heterocycles. The van der Waals surface area contributed by atoms with Gasteiger partial charge in [-0.25, -0.2) is 0 Å². The lowest BCUT2D eigenvalue weighted by Crippen LogP contribution is -2.64. The molecule has 1 aliphatic heterocycles. The second kappa shape index (κ2) is 7.32. The Morgan fingerprint density at radius 1 is 1.00 bits per heavy atom. The molecule has 4 rings (SSSR count). The summed E-state index contributed by atoms with van der Waals surface area (Å²) < 4.78 is 0. The Hall–Kier alpha value is -2.62. The van der Waals surface area contributed by atoms with Gasteiger partial charge in [-0.3, -0.25) is 9.59 Å². The Bertz CT molecular complexity index is 775. The van der Waals surface area contributed by atoms with Crippen molar-refractivity contribution < 1.29 is 9.59 Å². The van der Waals surface area contributed by atoms with Crippen molar-refractivity contribution >= 4 is 11.8 Å². The van der Waals surface area contributed by atoms with E-state index < -0.39 is 6.04 Å². The molecule has 0 spiro atoms. The van der Waals surface area contributed by atoms with E-state index in [-0.39, 0.29) is 23.8 Å². The monoisotopic (exact) mass is 348 g/mol. The van der Waals surface area contributed by atoms with Crippen LogP contribution in [0.3, 0.4) is 0 Å². The molecular weight excluding hydrogens is 324 g/mol. The van der Waals surface area contributed by atoms with Crippen LogP contribution in [0.1, 0.15) is 42.9 Å². The van der Waals surface area contributed by atoms with Crippen LogP contribution in [0.5, 0.6) is 0 Å². The Kier molecular flexibility index (Phi) is 4.74. The van der Waals surface area contributed by atoms with Gasteiger partial charge in [-0.15, -0.1) is 0 Å². The van der Waals surface area contributed by atoms with Crippen molar-refractivity contribution in [2.75, 3.05) is 0 Å². The van der Waals surface area contributed by atoms with E-state index in [4.69, 9.17) is 0 Å². The number of carbonyl (C=O) groups excluding carboxylic acids is 2. The third-order valence-corrected chi connectivity index (χ3v) is 5.61. The molecule has 3 atom stereocenters. The van der Waals surface area contributed by atoms with Crippen LogP contribution in [-0.2, 0) is 16.1 Å². The Morgan fingerprint density at radius 2 is 1.65 bits per heavy atom. The quantitative estimate of drug-likeness (QED) is 0.842. The highest BCUT2D eigenvalue weighted by Gasteiger charge is 2.52. The third kappa shape index (κ3) is 3.12. The molecule has 1 unspecified atom stereocenters. The summed E-state index contributed by atoms with van der Waals surface area (Å²) in [5.74, 6) is 0.160. The molecule has 1 saturated carbocycles. The van der Waals surface area contributed by atoms with Gasteiger partial charge in [0.05, 0.1) is 5.92 Å². The summed E-state index contributed by atoms with van der Waals surface area (Å²) in [6, 6.07) is 19.2. The van der Waals surface area contributed by atoms with Gasteiger partial charge in [0.25, 0.3) is 0 Å². The molecule has 4 heteroatoms. The smallest absolute Gasteiger partial charge is 0.247 e. The lowest BCUT2D eigenvalue weighted by Gasteiger charge is -2.52. The van der Waals surface area contributed by atoms with E-state index in [9.17, 15) is 9.59 Å². The normalized spacial score (nSPS) is 22.9. The second-order valence-corrected chi connectivity index (χ2v) is 7.22. The topological polar surface area (TPSA) is 49.4 Å². The first-order valence-corrected chi connectivity index (χ1v) is 9.44. The van der Waals surface area contributed by atoms with Gasteiger partial charge in [-0.05, 0) is 24.0 Å². The zero-order valence-electron chi connectivity index (χ0n) is 14.8. The van der Waals surface area contributed by atoms with Gasteiger partial charge in [-0.1, -0.05) is 73.5 Å². The number of hydrogen-bond acceptors (Lipinski definition) is 2. The molecule has 0 radical (unpaired) electrons. The predicted molar refractivity (Wildman–Crippen MR) is 100 cm³/mol. The van der Waals surface area contributed by atoms with Crippen LogP contribution in [0.4, 0.5) is 0 Å². The first-order chi connectivity index (χ1) is 12.8. The SMILES string of the molecule is O=C(NCc1ccccc1)C(c1ccccc1)N1C(=O)[C@@H]2CCCC[C@@H]21. The number of carbonyl (C=O) groups is 2. The number of amides is 2. The fourth-order valence-electron chi connectivity index (χ4n) is 4.28. The van der Waals surface area contributed by atoms with Crippen LogP contribution in [0.2, 0.25) is 0 Å². The Labute approximate surface area is 154 Å². The number of nitrogens with zero attached hydrogens (tertiary/aromatic N) is 1. The molecule has 26 heavy (non-hydrogen) atoms. The molecule has 1 saturated heterocycles. The maximum absolute atomic E-state index is 13.1. The van der Waals surface area contributed by atoms with Crippen molar-refractivity contribution in [3.63, 3.8) is 0 Å². The summed E-state index contributed by atoms with van der Waals surface area (Å²) in [6.45, 7) is 0.471. The van der Waals surface area contributed by atoms with Crippen molar-refractivity contribution in [1.82, 2.24) is 10.2 Å². The average Bonchev–Trinajstić information content (AvgIpc) is 2.71. The van der Waals surface area contributed by atoms with Gasteiger partial charge in [0.2, 0.25) is 11.8 Å². The van der Waals surface area contributed by atoms with Crippen LogP contribution < -0.4 is 5.32 Å². The molecule has 0 aromatic heterocycles. The van der Waals surface area contributed by atoms with Gasteiger partial charge in [0, 0.05) is 12.6 Å². The van der Waals surface area contributed by atoms with Crippen LogP contribution in [0.15, 0.2) is 60.7 Å². The zero-order valence-corrected chi connectivity index (χ0v) is 14.8. The van der Waals surface area contributed by atoms with E-state index in [1.807, 2.05) is 65.6 Å². The average molecular weight is 348 g/mol. The largest absolute Gasteiger partial charge is 0.350 e. The van der Waals surface area contributed by atoms with Gasteiger partial charge in [0.15, 0.2) is 0 Å². The Balaban J connectivity index is 1.55. The third-order valence-electron chi connectivity index (χ3n) is 5.61. The molecule has 1 N–H and O–H groups in total. The van der Waals surface area contributed by atoms with Crippen LogP contribution in [0.25, 0.3) is 0 Å². The maximum atomic E-state index is 13.1. The fraction of sp³-hybridized carbons (Fsp3) is 0.364. The molecule has 0 bridgehead atoms. The summed E-state index contributed by atoms with van der Waals surface area (Å²) in [4.78, 5) is 27.6. The number of β-lactam (4-membered cyclic amide) rings is 1. The summed E-state index contributed by atoms with van der Waals surface area (Å²) >= 11 is 0. The van der Waals surface area contributed by atoms with E-state index in [2.05, 4.69) is 5.32 Å². The number of likely N-dealkylation sites (tertiary alicyclic amines) is 1. The van der Waals surface area contributed by atoms with Crippen LogP contribution in [-0.4, -0.2) is 22.8 Å². The fourth-order valence-corrected chi connectivity index (χ4v) is 4.28. The first kappa shape index (κ1) is 16.8. The van der Waals surface area contributed by atoms with Gasteiger partial charge in [0.1, 0.15) is 6.04 Å². The minimum Gasteiger partial charge on any atom is -0.350 e. The van der Waals surface area contributed by atoms with Crippen molar-refractivity contribution in [1.29, 1.82) is 0 Å². The number of nitrogens with one attached hydrogen (secondary N) is 1. The number of benzene rings is 2. The van der Waals surface area contributed by atoms with E-state index in [0.29, 0.717) is 6.54 Å². The van der Waals surface area contributed by atoms with Crippen molar-refractivity contribution in [3.05, 3.63) is 71.8 Å². The maximum Gasteiger partial charge on any atom is 0.247 e. The number of fused-ring (bicyclic) bond motifs is 1. The summed E-state index contributed by atoms with van der Waals surface area (Å²) in [5, 5.41) is 3.03. The molecule has 4 nitrogen and oxygen atoms in total. The highest BCUT2D eigenvalue weighted by atomic mass is 16.2. The second-order valence-electron chi connectivity index (χ2n) is 7.22. The van der Waals surface area contributed by atoms with Gasteiger partial charge < -0.3 is 10.2 Å². The van der Waals surface area contributed by atoms with E-state index in [0.717, 1.165) is 36.8 Å². The van der Waals surface area contributed by atoms with Crippen LogP contribution in [0, 0.1) is 5.92 Å². The van der Waals surface area contributed by atoms with Crippen molar-refractivity contribution in [2.45, 2.75) is 44.3 Å². The lowest BCUT2D eigenvalue weighted by atomic mass is 9.74. The molecule has 2 aliphatic rings. The predicted octanol–water partition coefficient (Wildman–Crippen LogP) is 3.45. The summed E-state index contributed by atoms with van der Waals surface area (Å²) in [6.07, 6.45) is 4.23. The minimum atomic E-state index is -0.535. The first-order valence-electron chi connectivity index (χ1n) is 9.44. The standard InChI is InChI=1S/C22H24N2O2/c25-21(23-15-16-9-3-1-4-10-16)20(17-11-5-2-6-12-17)24-19-14-8-7-13-18(19)22(24)26/h1-6,9-12,18-20H,7-8,13-15H2,(H,23,25)/t18-,19+,20?/m1/s1. The summed E-state index contributed by atoms with van der Waals surface area (Å²) in [7, 11) is 0. The van der Waals surface area contributed by atoms with Crippen molar-refractivity contribution in [3.8, 4) is 0 Å². The summed E-state index contributed by atoms with van der Waals surface area (Å²) in [5.41, 5.74) is 1.94. The van der Waals surface area contributed by atoms with Gasteiger partial charge in [-0.2, -0.15) is 0 Å². The molecule has 2 fully saturated rings. The molecular formula is C22H24N2O2. The molecule has 134 valence electrons. The van der Waals surface area contributed by atoms with Gasteiger partial charge >= 0.3 is 0 Å². The lowest BCUT2D eigenvalue weighted by molar-refractivity contribution is -0.168. The van der Waals surface area contributed by atoms with E-state index >= 15 is 0 Å². The van der Waals surface area contributed by atoms with E-state index in [1.165, 1.54) is 0 Å². The minimum absolute atomic E-state index is 0.0996. The molecule has 1 aliphatic carbocycles. The Morgan fingerprint density at radius 3 is 2.38 bits per heavy atom. The molecule has 2 amide bonds. The highest BCUT2D eigenvalue weighted by Crippen LogP contribution is 2.43. The zero-order chi connectivity index (χ0) is 17.9. The molecule has 2 aromatic rings. The van der Waals surface area contributed by atoms with Crippen LogP contribution >= 0.6 is 0 Å². The number of hydrogen-bond donors (Lipinski definition) is 1. The van der Waals surface area contributed by atoms with E-state index in [1.54, 1.807) is 0 Å². The highest BCUT2D eigenvalue weighted by molar-refractivity contribution is 5.93. The molecule has 2 aromatic carbocycles. The number of rotatable bonds is 5.